The Morgan fingerprint density at radius 3 is 2.60 bits per heavy atom. The molecule has 0 saturated heterocycles. The van der Waals surface area contributed by atoms with E-state index in [1.54, 1.807) is 24.3 Å². The van der Waals surface area contributed by atoms with Gasteiger partial charge in [0.1, 0.15) is 11.3 Å². The summed E-state index contributed by atoms with van der Waals surface area (Å²) in [6, 6.07) is 6.86. The van der Waals surface area contributed by atoms with Crippen LogP contribution in [-0.4, -0.2) is 54.2 Å². The molecular weight excluding hydrogens is 386 g/mol. The molecule has 7 heteroatoms. The number of rotatable bonds is 7. The average Bonchev–Trinajstić information content (AvgIpc) is 2.51. The number of amides is 1. The van der Waals surface area contributed by atoms with Gasteiger partial charge < -0.3 is 36.9 Å². The minimum Gasteiger partial charge on any atom is -1.00 e. The molecule has 1 amide bonds. The van der Waals surface area contributed by atoms with E-state index in [-0.39, 0.29) is 28.3 Å². The van der Waals surface area contributed by atoms with Crippen LogP contribution in [0.5, 0.6) is 5.75 Å². The Labute approximate surface area is 158 Å². The summed E-state index contributed by atoms with van der Waals surface area (Å²) >= 11 is 0. The van der Waals surface area contributed by atoms with Crippen LogP contribution in [-0.2, 0) is 0 Å². The second kappa shape index (κ2) is 9.01. The number of fused-ring (bicyclic) bond motifs is 1. The number of nitrogens with zero attached hydrogens (tertiary/aromatic N) is 1. The van der Waals surface area contributed by atoms with Gasteiger partial charge >= 0.3 is 0 Å². The predicted octanol–water partition coefficient (Wildman–Crippen LogP) is -1.16. The summed E-state index contributed by atoms with van der Waals surface area (Å²) in [6.45, 7) is 4.64. The van der Waals surface area contributed by atoms with Gasteiger partial charge in [0.25, 0.3) is 11.5 Å². The fourth-order valence-electron chi connectivity index (χ4n) is 2.95. The number of halogens is 1. The van der Waals surface area contributed by atoms with E-state index in [9.17, 15) is 14.7 Å². The zero-order valence-corrected chi connectivity index (χ0v) is 16.5. The van der Waals surface area contributed by atoms with Crippen LogP contribution < -0.4 is 27.9 Å². The maximum Gasteiger partial charge on any atom is 0.265 e. The lowest BCUT2D eigenvalue weighted by molar-refractivity contribution is -0.890. The highest BCUT2D eigenvalue weighted by Crippen LogP contribution is 2.24. The Bertz CT molecular complexity index is 787. The molecular formula is C18H26BrN3O3. The van der Waals surface area contributed by atoms with E-state index in [0.717, 1.165) is 30.4 Å². The van der Waals surface area contributed by atoms with Crippen molar-refractivity contribution in [2.45, 2.75) is 19.8 Å². The topological polar surface area (TPSA) is 82.2 Å². The minimum atomic E-state index is -0.578. The Hall–Kier alpha value is -1.86. The summed E-state index contributed by atoms with van der Waals surface area (Å²) < 4.78 is 0.897. The smallest absolute Gasteiger partial charge is 0.265 e. The molecule has 2 rings (SSSR count). The first-order chi connectivity index (χ1) is 11.4. The van der Waals surface area contributed by atoms with Crippen LogP contribution >= 0.6 is 0 Å². The van der Waals surface area contributed by atoms with Crippen molar-refractivity contribution in [3.63, 3.8) is 0 Å². The van der Waals surface area contributed by atoms with Crippen molar-refractivity contribution in [2.75, 3.05) is 33.7 Å². The molecule has 0 saturated carbocycles. The first-order valence-electron chi connectivity index (χ1n) is 8.30. The van der Waals surface area contributed by atoms with Crippen LogP contribution in [0.15, 0.2) is 29.1 Å². The van der Waals surface area contributed by atoms with Crippen molar-refractivity contribution >= 4 is 16.8 Å². The summed E-state index contributed by atoms with van der Waals surface area (Å²) in [5, 5.41) is 13.5. The van der Waals surface area contributed by atoms with Gasteiger partial charge in [0.2, 0.25) is 0 Å². The first-order valence-corrected chi connectivity index (χ1v) is 8.30. The summed E-state index contributed by atoms with van der Waals surface area (Å²) in [7, 11) is 4.32. The molecule has 0 radical (unpaired) electrons. The molecule has 1 aromatic heterocycles. The normalized spacial score (nSPS) is 11.2. The summed E-state index contributed by atoms with van der Waals surface area (Å²) in [4.78, 5) is 27.0. The number of H-pyrrole nitrogens is 1. The third kappa shape index (κ3) is 5.31. The van der Waals surface area contributed by atoms with Crippen molar-refractivity contribution in [3.05, 3.63) is 40.2 Å². The molecule has 0 aliphatic heterocycles. The molecule has 2 aromatic rings. The van der Waals surface area contributed by atoms with Gasteiger partial charge in [-0.05, 0) is 18.6 Å². The predicted molar refractivity (Wildman–Crippen MR) is 95.3 cm³/mol. The molecule has 0 fully saturated rings. The van der Waals surface area contributed by atoms with Crippen molar-refractivity contribution in [1.82, 2.24) is 10.3 Å². The second-order valence-corrected chi connectivity index (χ2v) is 6.72. The molecule has 138 valence electrons. The van der Waals surface area contributed by atoms with Gasteiger partial charge in [-0.2, -0.15) is 0 Å². The number of benzene rings is 1. The van der Waals surface area contributed by atoms with Gasteiger partial charge in [0, 0.05) is 18.4 Å². The number of aromatic amines is 1. The third-order valence-electron chi connectivity index (χ3n) is 4.18. The van der Waals surface area contributed by atoms with Gasteiger partial charge in [-0.25, -0.2) is 0 Å². The van der Waals surface area contributed by atoms with Crippen molar-refractivity contribution in [1.29, 1.82) is 0 Å². The fourth-order valence-corrected chi connectivity index (χ4v) is 2.95. The van der Waals surface area contributed by atoms with Crippen molar-refractivity contribution < 1.29 is 31.4 Å². The lowest BCUT2D eigenvalue weighted by Gasteiger charge is -2.29. The number of hydrogen-bond acceptors (Lipinski definition) is 3. The van der Waals surface area contributed by atoms with E-state index in [2.05, 4.69) is 31.3 Å². The number of nitrogens with one attached hydrogen (secondary N) is 2. The largest absolute Gasteiger partial charge is 1.00 e. The summed E-state index contributed by atoms with van der Waals surface area (Å²) in [5.74, 6) is -0.811. The van der Waals surface area contributed by atoms with Gasteiger partial charge in [-0.1, -0.05) is 19.1 Å². The second-order valence-electron chi connectivity index (χ2n) is 6.72. The highest BCUT2D eigenvalue weighted by Gasteiger charge is 2.19. The van der Waals surface area contributed by atoms with Gasteiger partial charge in [0.15, 0.2) is 0 Å². The fraction of sp³-hybridized carbons (Fsp3) is 0.444. The average molecular weight is 412 g/mol. The van der Waals surface area contributed by atoms with E-state index in [1.165, 1.54) is 0 Å². The molecule has 0 spiro atoms. The van der Waals surface area contributed by atoms with E-state index >= 15 is 0 Å². The van der Waals surface area contributed by atoms with Gasteiger partial charge in [-0.15, -0.1) is 0 Å². The molecule has 6 nitrogen and oxygen atoms in total. The molecule has 3 N–H and O–H groups in total. The molecule has 0 atom stereocenters. The number of carbonyl (C=O) groups is 1. The highest BCUT2D eigenvalue weighted by molar-refractivity contribution is 6.01. The number of aromatic hydroxyl groups is 1. The van der Waals surface area contributed by atoms with Crippen LogP contribution in [0.1, 0.15) is 30.1 Å². The highest BCUT2D eigenvalue weighted by atomic mass is 79.9. The number of hydrogen-bond donors (Lipinski definition) is 3. The number of aromatic nitrogens is 1. The molecule has 1 aromatic carbocycles. The Kier molecular flexibility index (Phi) is 7.63. The Balaban J connectivity index is 0.00000312. The summed E-state index contributed by atoms with van der Waals surface area (Å²) in [5.41, 5.74) is -0.294. The molecule has 1 heterocycles. The lowest BCUT2D eigenvalue weighted by Crippen LogP contribution is -3.00. The molecule has 0 aliphatic rings. The van der Waals surface area contributed by atoms with Crippen LogP contribution in [0.2, 0.25) is 0 Å². The van der Waals surface area contributed by atoms with E-state index in [1.807, 2.05) is 0 Å². The van der Waals surface area contributed by atoms with Crippen molar-refractivity contribution in [3.8, 4) is 5.75 Å². The Morgan fingerprint density at radius 1 is 1.24 bits per heavy atom. The van der Waals surface area contributed by atoms with Crippen LogP contribution in [0.4, 0.5) is 0 Å². The Morgan fingerprint density at radius 2 is 1.92 bits per heavy atom. The maximum absolute atomic E-state index is 12.3. The van der Waals surface area contributed by atoms with Crippen LogP contribution in [0.3, 0.4) is 0 Å². The third-order valence-corrected chi connectivity index (χ3v) is 4.18. The molecule has 0 bridgehead atoms. The molecule has 0 unspecified atom stereocenters. The number of carbonyl (C=O) groups excluding carboxylic acids is 1. The summed E-state index contributed by atoms with van der Waals surface area (Å²) in [6.07, 6.45) is 1.92. The van der Waals surface area contributed by atoms with Crippen molar-refractivity contribution in [2.24, 2.45) is 0 Å². The monoisotopic (exact) mass is 411 g/mol. The van der Waals surface area contributed by atoms with Gasteiger partial charge in [0.05, 0.1) is 32.7 Å². The SMILES string of the molecule is CCC[N+](C)(C)CCCNC(=O)c1c(O)c2ccccc2[nH]c1=O.[Br-]. The number of para-hydroxylation sites is 1. The number of quaternary nitrogens is 1. The van der Waals surface area contributed by atoms with E-state index in [4.69, 9.17) is 0 Å². The number of pyridine rings is 1. The molecule has 0 aliphatic carbocycles. The maximum atomic E-state index is 12.3. The first kappa shape index (κ1) is 21.2. The quantitative estimate of drug-likeness (QED) is 0.397. The van der Waals surface area contributed by atoms with Crippen LogP contribution in [0.25, 0.3) is 10.9 Å². The van der Waals surface area contributed by atoms with Crippen LogP contribution in [0, 0.1) is 0 Å². The van der Waals surface area contributed by atoms with E-state index in [0.29, 0.717) is 17.4 Å². The standard InChI is InChI=1S/C18H25N3O3.BrH/c1-4-11-21(2,3)12-7-10-19-17(23)15-16(22)13-8-5-6-9-14(13)20-18(15)24;/h5-6,8-9H,4,7,10-12H2,1-3H3,(H2-,19,20,22,23,24);1H. The van der Waals surface area contributed by atoms with Gasteiger partial charge in [-0.3, -0.25) is 9.59 Å². The zero-order valence-electron chi connectivity index (χ0n) is 14.9. The lowest BCUT2D eigenvalue weighted by atomic mass is 10.1. The molecule has 25 heavy (non-hydrogen) atoms. The minimum absolute atomic E-state index is 0. The zero-order chi connectivity index (χ0) is 17.7. The van der Waals surface area contributed by atoms with E-state index < -0.39 is 11.5 Å².